The molecular weight excluding hydrogens is 250 g/mol. The molecule has 1 aliphatic rings. The molecule has 110 valence electrons. The smallest absolute Gasteiger partial charge is 0.234 e. The molecule has 0 spiro atoms. The molecule has 7 heteroatoms. The molecule has 1 saturated heterocycles. The molecule has 0 bridgehead atoms. The minimum Gasteiger partial charge on any atom is -0.409 e. The maximum absolute atomic E-state index is 12.4. The summed E-state index contributed by atoms with van der Waals surface area (Å²) in [6, 6.07) is -0.126. The third-order valence-electron chi connectivity index (χ3n) is 3.33. The van der Waals surface area contributed by atoms with Crippen molar-refractivity contribution in [3.63, 3.8) is 0 Å². The zero-order chi connectivity index (χ0) is 14.3. The van der Waals surface area contributed by atoms with Crippen LogP contribution in [0.4, 0.5) is 0 Å². The van der Waals surface area contributed by atoms with Crippen molar-refractivity contribution >= 4 is 11.7 Å². The van der Waals surface area contributed by atoms with Crippen molar-refractivity contribution in [1.29, 1.82) is 0 Å². The van der Waals surface area contributed by atoms with E-state index in [0.29, 0.717) is 39.3 Å². The monoisotopic (exact) mass is 273 g/mol. The van der Waals surface area contributed by atoms with E-state index in [1.807, 2.05) is 13.8 Å². The number of hydrogen-bond acceptors (Lipinski definition) is 5. The lowest BCUT2D eigenvalue weighted by molar-refractivity contribution is -0.132. The lowest BCUT2D eigenvalue weighted by atomic mass is 9.78. The molecule has 19 heavy (non-hydrogen) atoms. The topological polar surface area (TPSA) is 106 Å². The second-order valence-corrected chi connectivity index (χ2v) is 4.71. The Bertz CT molecular complexity index is 327. The molecule has 4 N–H and O–H groups in total. The number of amidine groups is 1. The summed E-state index contributed by atoms with van der Waals surface area (Å²) in [7, 11) is 0. The van der Waals surface area contributed by atoms with Crippen LogP contribution in [0.3, 0.4) is 0 Å². The summed E-state index contributed by atoms with van der Waals surface area (Å²) in [5.74, 6) is -0.296. The number of rotatable bonds is 6. The van der Waals surface area contributed by atoms with Crippen LogP contribution in [0.15, 0.2) is 5.16 Å². The predicted octanol–water partition coefficient (Wildman–Crippen LogP) is 0.0708. The molecule has 0 saturated carbocycles. The van der Waals surface area contributed by atoms with Crippen molar-refractivity contribution in [1.82, 2.24) is 5.32 Å². The average Bonchev–Trinajstić information content (AvgIpc) is 2.44. The summed E-state index contributed by atoms with van der Waals surface area (Å²) in [4.78, 5) is 12.4. The molecule has 1 unspecified atom stereocenters. The van der Waals surface area contributed by atoms with Crippen molar-refractivity contribution < 1.29 is 19.5 Å². The summed E-state index contributed by atoms with van der Waals surface area (Å²) in [6.45, 7) is 5.62. The van der Waals surface area contributed by atoms with Gasteiger partial charge in [0.05, 0.1) is 6.61 Å². The highest BCUT2D eigenvalue weighted by atomic mass is 16.5. The Morgan fingerprint density at radius 3 is 2.74 bits per heavy atom. The van der Waals surface area contributed by atoms with Crippen LogP contribution in [0.2, 0.25) is 0 Å². The van der Waals surface area contributed by atoms with Gasteiger partial charge in [-0.25, -0.2) is 0 Å². The van der Waals surface area contributed by atoms with E-state index in [-0.39, 0.29) is 17.8 Å². The summed E-state index contributed by atoms with van der Waals surface area (Å²) < 4.78 is 10.5. The molecule has 0 aromatic heterocycles. The lowest BCUT2D eigenvalue weighted by Crippen LogP contribution is -2.55. The number of nitrogens with one attached hydrogen (secondary N) is 1. The molecular formula is C12H23N3O4. The molecule has 1 heterocycles. The quantitative estimate of drug-likeness (QED) is 0.275. The normalized spacial score (nSPS) is 20.8. The molecule has 1 atom stereocenters. The zero-order valence-corrected chi connectivity index (χ0v) is 11.5. The molecule has 1 aliphatic heterocycles. The lowest BCUT2D eigenvalue weighted by Gasteiger charge is -2.35. The highest BCUT2D eigenvalue weighted by Gasteiger charge is 2.44. The molecule has 1 amide bonds. The number of ether oxygens (including phenoxy) is 2. The van der Waals surface area contributed by atoms with E-state index in [9.17, 15) is 4.79 Å². The fraction of sp³-hybridized carbons (Fsp3) is 0.833. The summed E-state index contributed by atoms with van der Waals surface area (Å²) in [6.07, 6.45) is 0.826. The van der Waals surface area contributed by atoms with Gasteiger partial charge in [0, 0.05) is 25.9 Å². The molecule has 0 aliphatic carbocycles. The molecule has 0 aromatic rings. The minimum atomic E-state index is -0.979. The van der Waals surface area contributed by atoms with E-state index >= 15 is 0 Å². The van der Waals surface area contributed by atoms with Crippen LogP contribution in [-0.4, -0.2) is 49.4 Å². The number of carbonyl (C=O) groups excluding carboxylic acids is 1. The van der Waals surface area contributed by atoms with E-state index < -0.39 is 5.41 Å². The second-order valence-electron chi connectivity index (χ2n) is 4.71. The maximum Gasteiger partial charge on any atom is 0.234 e. The number of nitrogens with zero attached hydrogens (tertiary/aromatic N) is 1. The Kier molecular flexibility index (Phi) is 6.04. The van der Waals surface area contributed by atoms with Crippen molar-refractivity contribution in [2.75, 3.05) is 26.4 Å². The van der Waals surface area contributed by atoms with Crippen LogP contribution in [0.25, 0.3) is 0 Å². The maximum atomic E-state index is 12.4. The van der Waals surface area contributed by atoms with Gasteiger partial charge in [-0.05, 0) is 26.7 Å². The van der Waals surface area contributed by atoms with Crippen LogP contribution >= 0.6 is 0 Å². The molecule has 7 nitrogen and oxygen atoms in total. The highest BCUT2D eigenvalue weighted by Crippen LogP contribution is 2.31. The van der Waals surface area contributed by atoms with Gasteiger partial charge in [-0.15, -0.1) is 0 Å². The van der Waals surface area contributed by atoms with Crippen LogP contribution in [0.5, 0.6) is 0 Å². The van der Waals surface area contributed by atoms with E-state index in [0.717, 1.165) is 0 Å². The van der Waals surface area contributed by atoms with Gasteiger partial charge in [0.2, 0.25) is 5.91 Å². The van der Waals surface area contributed by atoms with Gasteiger partial charge in [0.15, 0.2) is 5.84 Å². The standard InChI is InChI=1S/C12H23N3O4/c1-3-18-8-9(2)14-11(16)12(10(13)15-17)4-6-19-7-5-12/h9,17H,3-8H2,1-2H3,(H2,13,15)(H,14,16). The molecule has 0 aromatic carbocycles. The third-order valence-corrected chi connectivity index (χ3v) is 3.33. The largest absolute Gasteiger partial charge is 0.409 e. The first kappa shape index (κ1) is 15.7. The van der Waals surface area contributed by atoms with Crippen molar-refractivity contribution in [2.45, 2.75) is 32.7 Å². The number of hydrogen-bond donors (Lipinski definition) is 3. The van der Waals surface area contributed by atoms with E-state index in [4.69, 9.17) is 20.4 Å². The average molecular weight is 273 g/mol. The molecule has 1 rings (SSSR count). The van der Waals surface area contributed by atoms with Crippen LogP contribution in [-0.2, 0) is 14.3 Å². The Morgan fingerprint density at radius 1 is 1.58 bits per heavy atom. The SMILES string of the molecule is CCOCC(C)NC(=O)C1(C(N)=NO)CCOCC1. The van der Waals surface area contributed by atoms with Crippen molar-refractivity contribution in [3.8, 4) is 0 Å². The zero-order valence-electron chi connectivity index (χ0n) is 11.5. The summed E-state index contributed by atoms with van der Waals surface area (Å²) in [5, 5.41) is 14.8. The first-order valence-electron chi connectivity index (χ1n) is 6.51. The predicted molar refractivity (Wildman–Crippen MR) is 70.0 cm³/mol. The highest BCUT2D eigenvalue weighted by molar-refractivity contribution is 6.06. The van der Waals surface area contributed by atoms with Crippen LogP contribution in [0, 0.1) is 5.41 Å². The van der Waals surface area contributed by atoms with Gasteiger partial charge in [-0.3, -0.25) is 4.79 Å². The third kappa shape index (κ3) is 3.81. The Labute approximate surface area is 113 Å². The first-order valence-corrected chi connectivity index (χ1v) is 6.51. The molecule has 0 radical (unpaired) electrons. The number of amides is 1. The van der Waals surface area contributed by atoms with Gasteiger partial charge in [-0.2, -0.15) is 0 Å². The van der Waals surface area contributed by atoms with Crippen molar-refractivity contribution in [3.05, 3.63) is 0 Å². The van der Waals surface area contributed by atoms with E-state index in [1.54, 1.807) is 0 Å². The van der Waals surface area contributed by atoms with Crippen molar-refractivity contribution in [2.24, 2.45) is 16.3 Å². The molecule has 1 fully saturated rings. The number of oxime groups is 1. The first-order chi connectivity index (χ1) is 9.06. The Hall–Kier alpha value is -1.34. The summed E-state index contributed by atoms with van der Waals surface area (Å²) >= 11 is 0. The fourth-order valence-corrected chi connectivity index (χ4v) is 2.11. The second kappa shape index (κ2) is 7.30. The number of carbonyl (C=O) groups is 1. The van der Waals surface area contributed by atoms with Gasteiger partial charge in [-0.1, -0.05) is 5.16 Å². The van der Waals surface area contributed by atoms with Gasteiger partial charge in [0.1, 0.15) is 5.41 Å². The van der Waals surface area contributed by atoms with Gasteiger partial charge < -0.3 is 25.7 Å². The van der Waals surface area contributed by atoms with Gasteiger partial charge >= 0.3 is 0 Å². The number of nitrogens with two attached hydrogens (primary N) is 1. The fourth-order valence-electron chi connectivity index (χ4n) is 2.11. The van der Waals surface area contributed by atoms with Crippen LogP contribution < -0.4 is 11.1 Å². The van der Waals surface area contributed by atoms with Gasteiger partial charge in [0.25, 0.3) is 0 Å². The van der Waals surface area contributed by atoms with Crippen LogP contribution in [0.1, 0.15) is 26.7 Å². The Morgan fingerprint density at radius 2 is 2.21 bits per heavy atom. The van der Waals surface area contributed by atoms with E-state index in [2.05, 4.69) is 10.5 Å². The van der Waals surface area contributed by atoms with E-state index in [1.165, 1.54) is 0 Å². The summed E-state index contributed by atoms with van der Waals surface area (Å²) in [5.41, 5.74) is 4.73. The Balaban J connectivity index is 2.72. The minimum absolute atomic E-state index is 0.0584.